The Kier molecular flexibility index (Phi) is 8.78. The molecule has 5 nitrogen and oxygen atoms in total. The number of nitrogens with zero attached hydrogens (tertiary/aromatic N) is 4. The molecule has 0 atom stereocenters. The number of thiazole rings is 1. The Morgan fingerprint density at radius 3 is 2.41 bits per heavy atom. The van der Waals surface area contributed by atoms with E-state index in [2.05, 4.69) is 51.1 Å². The van der Waals surface area contributed by atoms with Crippen molar-refractivity contribution in [1.82, 2.24) is 20.1 Å². The predicted octanol–water partition coefficient (Wildman–Crippen LogP) is 3.92. The number of hydrogen-bond donors (Lipinski definition) is 1. The summed E-state index contributed by atoms with van der Waals surface area (Å²) in [5.74, 6) is 0.974. The Balaban J connectivity index is 0.00000261. The molecule has 1 N–H and O–H groups in total. The summed E-state index contributed by atoms with van der Waals surface area (Å²) in [4.78, 5) is 15.1. The van der Waals surface area contributed by atoms with E-state index in [1.165, 1.54) is 10.4 Å². The van der Waals surface area contributed by atoms with Crippen molar-refractivity contribution in [2.24, 2.45) is 4.99 Å². The lowest BCUT2D eigenvalue weighted by atomic mass is 10.2. The Labute approximate surface area is 187 Å². The highest BCUT2D eigenvalue weighted by atomic mass is 127. The average Bonchev–Trinajstić information content (AvgIpc) is 2.96. The summed E-state index contributed by atoms with van der Waals surface area (Å²) in [6.07, 6.45) is 0. The van der Waals surface area contributed by atoms with Gasteiger partial charge in [-0.25, -0.2) is 4.98 Å². The smallest absolute Gasteiger partial charge is 0.194 e. The zero-order chi connectivity index (χ0) is 18.5. The third-order valence-corrected chi connectivity index (χ3v) is 5.93. The van der Waals surface area contributed by atoms with Gasteiger partial charge in [0.05, 0.1) is 17.2 Å². The number of aliphatic imine (C=N–C) groups is 1. The van der Waals surface area contributed by atoms with Gasteiger partial charge in [-0.05, 0) is 31.5 Å². The molecule has 8 heteroatoms. The number of benzene rings is 1. The second-order valence-electron chi connectivity index (χ2n) is 6.53. The van der Waals surface area contributed by atoms with Crippen LogP contribution in [0.1, 0.15) is 21.1 Å². The Hall–Kier alpha value is -0.900. The van der Waals surface area contributed by atoms with Gasteiger partial charge in [-0.15, -0.1) is 35.3 Å². The van der Waals surface area contributed by atoms with Gasteiger partial charge in [-0.2, -0.15) is 0 Å². The average molecular weight is 520 g/mol. The van der Waals surface area contributed by atoms with Crippen LogP contribution in [-0.4, -0.2) is 54.0 Å². The monoisotopic (exact) mass is 519 g/mol. The summed E-state index contributed by atoms with van der Waals surface area (Å²) in [6, 6.07) is 8.13. The van der Waals surface area contributed by atoms with E-state index in [0.717, 1.165) is 61.0 Å². The number of piperazine rings is 1. The molecule has 0 saturated carbocycles. The number of aromatic nitrogens is 1. The van der Waals surface area contributed by atoms with Crippen molar-refractivity contribution >= 4 is 52.9 Å². The van der Waals surface area contributed by atoms with Gasteiger partial charge in [0, 0.05) is 49.7 Å². The first-order valence-corrected chi connectivity index (χ1v) is 10.1. The van der Waals surface area contributed by atoms with E-state index < -0.39 is 0 Å². The van der Waals surface area contributed by atoms with Crippen molar-refractivity contribution in [1.29, 1.82) is 0 Å². The van der Waals surface area contributed by atoms with Gasteiger partial charge in [0.25, 0.3) is 0 Å². The molecule has 0 spiro atoms. The number of rotatable bonds is 4. The molecule has 1 saturated heterocycles. The number of aryl methyl sites for hydroxylation is 2. The van der Waals surface area contributed by atoms with Crippen LogP contribution in [0, 0.1) is 13.8 Å². The minimum atomic E-state index is 0. The van der Waals surface area contributed by atoms with Crippen LogP contribution in [-0.2, 0) is 13.1 Å². The van der Waals surface area contributed by atoms with Crippen LogP contribution in [0.5, 0.6) is 0 Å². The summed E-state index contributed by atoms with van der Waals surface area (Å²) in [6.45, 7) is 9.89. The molecule has 1 aliphatic heterocycles. The quantitative estimate of drug-likeness (QED) is 0.378. The van der Waals surface area contributed by atoms with Crippen LogP contribution >= 0.6 is 46.9 Å². The first-order chi connectivity index (χ1) is 12.5. The summed E-state index contributed by atoms with van der Waals surface area (Å²) < 4.78 is 0. The lowest BCUT2D eigenvalue weighted by molar-refractivity contribution is 0.172. The van der Waals surface area contributed by atoms with E-state index in [9.17, 15) is 0 Å². The zero-order valence-electron chi connectivity index (χ0n) is 16.0. The van der Waals surface area contributed by atoms with E-state index in [0.29, 0.717) is 0 Å². The highest BCUT2D eigenvalue weighted by Gasteiger charge is 2.20. The second-order valence-corrected chi connectivity index (χ2v) is 8.26. The summed E-state index contributed by atoms with van der Waals surface area (Å²) in [5.41, 5.74) is 2.42. The molecular weight excluding hydrogens is 493 g/mol. The van der Waals surface area contributed by atoms with Crippen molar-refractivity contribution < 1.29 is 0 Å². The van der Waals surface area contributed by atoms with Gasteiger partial charge in [0.1, 0.15) is 0 Å². The Morgan fingerprint density at radius 2 is 1.85 bits per heavy atom. The second kappa shape index (κ2) is 10.6. The van der Waals surface area contributed by atoms with Crippen molar-refractivity contribution in [2.75, 3.05) is 33.2 Å². The van der Waals surface area contributed by atoms with Crippen LogP contribution < -0.4 is 5.32 Å². The maximum absolute atomic E-state index is 5.97. The SMILES string of the molecule is CN=C(NCc1sc(C)nc1C)N1CCN(Cc2ccc(Cl)cc2)CC1.I. The molecule has 0 unspecified atom stereocenters. The Morgan fingerprint density at radius 1 is 1.19 bits per heavy atom. The summed E-state index contributed by atoms with van der Waals surface area (Å²) in [5, 5.41) is 5.40. The molecule has 2 heterocycles. The highest BCUT2D eigenvalue weighted by molar-refractivity contribution is 14.0. The van der Waals surface area contributed by atoms with Crippen LogP contribution in [0.4, 0.5) is 0 Å². The lowest BCUT2D eigenvalue weighted by Gasteiger charge is -2.36. The molecule has 2 aromatic rings. The Bertz CT molecular complexity index is 754. The number of nitrogens with one attached hydrogen (secondary N) is 1. The first-order valence-electron chi connectivity index (χ1n) is 8.90. The molecular formula is C19H27ClIN5S. The van der Waals surface area contributed by atoms with E-state index >= 15 is 0 Å². The topological polar surface area (TPSA) is 43.8 Å². The molecule has 1 aliphatic rings. The fraction of sp³-hybridized carbons (Fsp3) is 0.474. The van der Waals surface area contributed by atoms with E-state index in [1.54, 1.807) is 11.3 Å². The van der Waals surface area contributed by atoms with Crippen LogP contribution in [0.25, 0.3) is 0 Å². The van der Waals surface area contributed by atoms with Gasteiger partial charge in [0.15, 0.2) is 5.96 Å². The number of guanidine groups is 1. The van der Waals surface area contributed by atoms with E-state index in [1.807, 2.05) is 19.2 Å². The fourth-order valence-corrected chi connectivity index (χ4v) is 4.20. The zero-order valence-corrected chi connectivity index (χ0v) is 19.9. The third-order valence-electron chi connectivity index (χ3n) is 4.61. The lowest BCUT2D eigenvalue weighted by Crippen LogP contribution is -2.52. The fourth-order valence-electron chi connectivity index (χ4n) is 3.19. The summed E-state index contributed by atoms with van der Waals surface area (Å²) >= 11 is 7.72. The summed E-state index contributed by atoms with van der Waals surface area (Å²) in [7, 11) is 1.85. The van der Waals surface area contributed by atoms with E-state index in [-0.39, 0.29) is 24.0 Å². The molecule has 0 aliphatic carbocycles. The van der Waals surface area contributed by atoms with Crippen molar-refractivity contribution in [3.05, 3.63) is 50.4 Å². The molecule has 0 radical (unpaired) electrons. The molecule has 1 aromatic heterocycles. The van der Waals surface area contributed by atoms with Crippen LogP contribution in [0.2, 0.25) is 5.02 Å². The number of hydrogen-bond acceptors (Lipinski definition) is 4. The molecule has 1 fully saturated rings. The van der Waals surface area contributed by atoms with Gasteiger partial charge in [0.2, 0.25) is 0 Å². The molecule has 0 amide bonds. The normalized spacial score (nSPS) is 15.6. The van der Waals surface area contributed by atoms with Gasteiger partial charge in [-0.1, -0.05) is 23.7 Å². The van der Waals surface area contributed by atoms with Gasteiger partial charge in [-0.3, -0.25) is 9.89 Å². The van der Waals surface area contributed by atoms with Crippen molar-refractivity contribution in [3.8, 4) is 0 Å². The maximum Gasteiger partial charge on any atom is 0.194 e. The minimum Gasteiger partial charge on any atom is -0.351 e. The first kappa shape index (κ1) is 22.4. The van der Waals surface area contributed by atoms with Gasteiger partial charge >= 0.3 is 0 Å². The third kappa shape index (κ3) is 6.30. The van der Waals surface area contributed by atoms with E-state index in [4.69, 9.17) is 11.6 Å². The standard InChI is InChI=1S/C19H26ClN5S.HI/c1-14-18(26-15(2)23-14)12-22-19(21-3)25-10-8-24(9-11-25)13-16-4-6-17(20)7-5-16;/h4-7H,8-13H2,1-3H3,(H,21,22);1H. The molecule has 3 rings (SSSR count). The molecule has 148 valence electrons. The highest BCUT2D eigenvalue weighted by Crippen LogP contribution is 2.17. The molecule has 0 bridgehead atoms. The minimum absolute atomic E-state index is 0. The van der Waals surface area contributed by atoms with Gasteiger partial charge < -0.3 is 10.2 Å². The largest absolute Gasteiger partial charge is 0.351 e. The number of halogens is 2. The maximum atomic E-state index is 5.97. The van der Waals surface area contributed by atoms with Crippen LogP contribution in [0.3, 0.4) is 0 Å². The predicted molar refractivity (Wildman–Crippen MR) is 126 cm³/mol. The van der Waals surface area contributed by atoms with Crippen molar-refractivity contribution in [3.63, 3.8) is 0 Å². The molecule has 27 heavy (non-hydrogen) atoms. The van der Waals surface area contributed by atoms with Crippen LogP contribution in [0.15, 0.2) is 29.3 Å². The molecule has 1 aromatic carbocycles. The van der Waals surface area contributed by atoms with Crippen molar-refractivity contribution in [2.45, 2.75) is 26.9 Å².